The van der Waals surface area contributed by atoms with Crippen molar-refractivity contribution in [3.05, 3.63) is 15.3 Å². The fourth-order valence-corrected chi connectivity index (χ4v) is 3.74. The monoisotopic (exact) mass is 473 g/mol. The van der Waals surface area contributed by atoms with Gasteiger partial charge in [-0.2, -0.15) is 0 Å². The first-order chi connectivity index (χ1) is 12.0. The summed E-state index contributed by atoms with van der Waals surface area (Å²) in [5.41, 5.74) is -0.380. The van der Waals surface area contributed by atoms with Crippen molar-refractivity contribution in [2.75, 3.05) is 24.3 Å². The van der Waals surface area contributed by atoms with Crippen molar-refractivity contribution in [3.8, 4) is 5.75 Å². The van der Waals surface area contributed by atoms with Gasteiger partial charge in [0.05, 0.1) is 22.4 Å². The summed E-state index contributed by atoms with van der Waals surface area (Å²) < 4.78 is 70.2. The summed E-state index contributed by atoms with van der Waals surface area (Å²) in [5, 5.41) is -0.835. The Morgan fingerprint density at radius 2 is 2.08 bits per heavy atom. The van der Waals surface area contributed by atoms with Gasteiger partial charge in [-0.15, -0.1) is 0 Å². The third kappa shape index (κ3) is 3.20. The van der Waals surface area contributed by atoms with Crippen LogP contribution in [0.15, 0.2) is 9.63 Å². The molecular weight excluding hydrogens is 463 g/mol. The second-order valence-corrected chi connectivity index (χ2v) is 8.88. The number of hydrogen-bond donors (Lipinski definition) is 0. The maximum Gasteiger partial charge on any atom is 0.255 e. The van der Waals surface area contributed by atoms with Gasteiger partial charge >= 0.3 is 0 Å². The van der Waals surface area contributed by atoms with E-state index in [1.807, 2.05) is 0 Å². The number of ether oxygens (including phenoxy) is 1. The highest BCUT2D eigenvalue weighted by molar-refractivity contribution is 9.10. The van der Waals surface area contributed by atoms with Crippen LogP contribution in [0.3, 0.4) is 0 Å². The largest absolute Gasteiger partial charge is 0.489 e. The summed E-state index contributed by atoms with van der Waals surface area (Å²) in [6.07, 6.45) is -1.89. The van der Waals surface area contributed by atoms with E-state index < -0.39 is 39.8 Å². The SMILES string of the molecule is CC1COc2c(Cl)c(Br)c(F)c3nc(S(C)(=O)=O)nc(c23)N1CC(F)F. The zero-order valence-electron chi connectivity index (χ0n) is 13.4. The molecule has 0 saturated heterocycles. The topological polar surface area (TPSA) is 72.4 Å². The number of sulfone groups is 1. The van der Waals surface area contributed by atoms with E-state index in [9.17, 15) is 21.6 Å². The van der Waals surface area contributed by atoms with Crippen molar-refractivity contribution in [2.45, 2.75) is 24.5 Å². The molecule has 1 unspecified atom stereocenters. The highest BCUT2D eigenvalue weighted by atomic mass is 79.9. The van der Waals surface area contributed by atoms with E-state index in [-0.39, 0.29) is 38.6 Å². The van der Waals surface area contributed by atoms with Crippen LogP contribution in [-0.4, -0.2) is 50.3 Å². The van der Waals surface area contributed by atoms with Crippen LogP contribution in [0.1, 0.15) is 6.92 Å². The van der Waals surface area contributed by atoms with Gasteiger partial charge in [-0.25, -0.2) is 31.6 Å². The van der Waals surface area contributed by atoms with Gasteiger partial charge in [-0.05, 0) is 22.9 Å². The molecule has 0 fully saturated rings. The minimum absolute atomic E-state index is 0.00797. The summed E-state index contributed by atoms with van der Waals surface area (Å²) in [4.78, 5) is 8.88. The molecule has 0 bridgehead atoms. The molecule has 1 aromatic carbocycles. The van der Waals surface area contributed by atoms with Gasteiger partial charge in [0.2, 0.25) is 15.0 Å². The van der Waals surface area contributed by atoms with E-state index in [1.54, 1.807) is 6.92 Å². The van der Waals surface area contributed by atoms with Crippen LogP contribution < -0.4 is 9.64 Å². The number of anilines is 1. The van der Waals surface area contributed by atoms with Crippen molar-refractivity contribution < 1.29 is 26.3 Å². The molecule has 0 N–H and O–H groups in total. The molecule has 3 rings (SSSR count). The third-order valence-corrected chi connectivity index (χ3v) is 6.01. The molecule has 26 heavy (non-hydrogen) atoms. The summed E-state index contributed by atoms with van der Waals surface area (Å²) in [6.45, 7) is 0.820. The molecule has 0 radical (unpaired) electrons. The van der Waals surface area contributed by atoms with E-state index in [2.05, 4.69) is 25.9 Å². The van der Waals surface area contributed by atoms with Gasteiger partial charge < -0.3 is 9.64 Å². The molecule has 6 nitrogen and oxygen atoms in total. The van der Waals surface area contributed by atoms with Crippen LogP contribution >= 0.6 is 27.5 Å². The molecule has 142 valence electrons. The first-order valence-electron chi connectivity index (χ1n) is 7.28. The van der Waals surface area contributed by atoms with Crippen LogP contribution in [-0.2, 0) is 9.84 Å². The van der Waals surface area contributed by atoms with Crippen LogP contribution in [0.4, 0.5) is 19.0 Å². The van der Waals surface area contributed by atoms with Gasteiger partial charge in [0.1, 0.15) is 23.0 Å². The standard InChI is InChI=1S/C14H12BrClF3N3O3S/c1-5-4-25-12-7-11(10(19)8(15)9(12)16)20-14(26(2,23)24)21-13(7)22(5)3-6(17)18/h5-6H,3-4H2,1-2H3. The van der Waals surface area contributed by atoms with E-state index in [0.29, 0.717) is 0 Å². The van der Waals surface area contributed by atoms with Crippen molar-refractivity contribution in [2.24, 2.45) is 0 Å². The number of hydrogen-bond acceptors (Lipinski definition) is 6. The lowest BCUT2D eigenvalue weighted by Gasteiger charge is -2.28. The summed E-state index contributed by atoms with van der Waals surface area (Å²) in [7, 11) is -3.93. The minimum Gasteiger partial charge on any atom is -0.489 e. The molecule has 12 heteroatoms. The Balaban J connectivity index is 2.48. The molecule has 1 aliphatic heterocycles. The molecule has 0 saturated carbocycles. The van der Waals surface area contributed by atoms with Gasteiger partial charge in [0, 0.05) is 6.26 Å². The smallest absolute Gasteiger partial charge is 0.255 e. The van der Waals surface area contributed by atoms with Crippen molar-refractivity contribution >= 4 is 54.1 Å². The van der Waals surface area contributed by atoms with Crippen molar-refractivity contribution in [3.63, 3.8) is 0 Å². The van der Waals surface area contributed by atoms with Crippen molar-refractivity contribution in [1.82, 2.24) is 9.97 Å². The number of alkyl halides is 2. The average Bonchev–Trinajstić information content (AvgIpc) is 2.68. The average molecular weight is 475 g/mol. The lowest BCUT2D eigenvalue weighted by Crippen LogP contribution is -2.40. The molecular formula is C14H12BrClF3N3O3S. The van der Waals surface area contributed by atoms with Gasteiger partial charge in [-0.3, -0.25) is 0 Å². The Kier molecular flexibility index (Phi) is 4.99. The Bertz CT molecular complexity index is 1010. The Morgan fingerprint density at radius 1 is 1.42 bits per heavy atom. The van der Waals surface area contributed by atoms with Gasteiger partial charge in [-0.1, -0.05) is 11.6 Å². The number of nitrogens with zero attached hydrogens (tertiary/aromatic N) is 3. The fourth-order valence-electron chi connectivity index (χ4n) is 2.63. The van der Waals surface area contributed by atoms with Crippen molar-refractivity contribution in [1.29, 1.82) is 0 Å². The summed E-state index contributed by atoms with van der Waals surface area (Å²) in [6, 6.07) is -0.597. The number of halogens is 5. The predicted octanol–water partition coefficient (Wildman–Crippen LogP) is 3.44. The maximum absolute atomic E-state index is 14.7. The predicted molar refractivity (Wildman–Crippen MR) is 93.6 cm³/mol. The first kappa shape index (κ1) is 19.4. The lowest BCUT2D eigenvalue weighted by atomic mass is 10.2. The molecule has 0 aliphatic carbocycles. The highest BCUT2D eigenvalue weighted by Crippen LogP contribution is 2.46. The second kappa shape index (κ2) is 6.68. The quantitative estimate of drug-likeness (QED) is 0.501. The second-order valence-electron chi connectivity index (χ2n) is 5.80. The van der Waals surface area contributed by atoms with Gasteiger partial charge in [0.15, 0.2) is 11.6 Å². The number of aromatic nitrogens is 2. The molecule has 1 aliphatic rings. The van der Waals surface area contributed by atoms with E-state index in [1.165, 1.54) is 4.90 Å². The fraction of sp³-hybridized carbons (Fsp3) is 0.429. The van der Waals surface area contributed by atoms with E-state index in [4.69, 9.17) is 16.3 Å². The Labute approximate surface area is 160 Å². The molecule has 0 amide bonds. The van der Waals surface area contributed by atoms with E-state index in [0.717, 1.165) is 6.26 Å². The minimum atomic E-state index is -3.93. The number of benzene rings is 1. The van der Waals surface area contributed by atoms with Crippen LogP contribution in [0.25, 0.3) is 10.9 Å². The zero-order chi connectivity index (χ0) is 19.4. The lowest BCUT2D eigenvalue weighted by molar-refractivity contribution is 0.149. The zero-order valence-corrected chi connectivity index (χ0v) is 16.6. The number of rotatable bonds is 3. The normalized spacial score (nSPS) is 17.5. The molecule has 1 atom stereocenters. The Morgan fingerprint density at radius 3 is 2.65 bits per heavy atom. The molecule has 2 aromatic rings. The summed E-state index contributed by atoms with van der Waals surface area (Å²) >= 11 is 9.12. The molecule has 2 heterocycles. The van der Waals surface area contributed by atoms with Crippen LogP contribution in [0, 0.1) is 5.82 Å². The highest BCUT2D eigenvalue weighted by Gasteiger charge is 2.33. The van der Waals surface area contributed by atoms with E-state index >= 15 is 0 Å². The molecule has 0 spiro atoms. The maximum atomic E-state index is 14.7. The summed E-state index contributed by atoms with van der Waals surface area (Å²) in [5.74, 6) is -1.09. The van der Waals surface area contributed by atoms with Crippen LogP contribution in [0.2, 0.25) is 5.02 Å². The van der Waals surface area contributed by atoms with Crippen LogP contribution in [0.5, 0.6) is 5.75 Å². The third-order valence-electron chi connectivity index (χ3n) is 3.83. The van der Waals surface area contributed by atoms with Gasteiger partial charge in [0.25, 0.3) is 6.43 Å². The first-order valence-corrected chi connectivity index (χ1v) is 10.3. The Hall–Kier alpha value is -1.33. The molecule has 1 aromatic heterocycles.